The molecule has 0 aromatic heterocycles. The molecule has 0 amide bonds. The molecule has 48 heavy (non-hydrogen) atoms. The van der Waals surface area contributed by atoms with Crippen molar-refractivity contribution in [3.8, 4) is 0 Å². The van der Waals surface area contributed by atoms with Crippen LogP contribution in [0.3, 0.4) is 0 Å². The van der Waals surface area contributed by atoms with E-state index in [4.69, 9.17) is 18.9 Å². The highest BCUT2D eigenvalue weighted by Crippen LogP contribution is 2.40. The van der Waals surface area contributed by atoms with Crippen molar-refractivity contribution < 1.29 is 53.8 Å². The van der Waals surface area contributed by atoms with Crippen molar-refractivity contribution in [2.24, 2.45) is 17.3 Å². The number of cyclic esters (lactones) is 1. The summed E-state index contributed by atoms with van der Waals surface area (Å²) < 4.78 is 23.6. The summed E-state index contributed by atoms with van der Waals surface area (Å²) in [6.07, 6.45) is -6.35. The molecule has 4 N–H and O–H groups in total. The van der Waals surface area contributed by atoms with Crippen LogP contribution in [-0.4, -0.2) is 142 Å². The van der Waals surface area contributed by atoms with Crippen molar-refractivity contribution in [2.75, 3.05) is 34.3 Å². The molecule has 2 fully saturated rings. The van der Waals surface area contributed by atoms with Crippen LogP contribution in [0.15, 0.2) is 0 Å². The second-order valence-electron chi connectivity index (χ2n) is 15.1. The molecule has 280 valence electrons. The summed E-state index contributed by atoms with van der Waals surface area (Å²) in [7, 11) is 5.47. The van der Waals surface area contributed by atoms with Crippen molar-refractivity contribution in [1.29, 1.82) is 0 Å². The van der Waals surface area contributed by atoms with Crippen LogP contribution in [0.1, 0.15) is 94.4 Å². The monoisotopic (exact) mass is 688 g/mol. The molecule has 13 nitrogen and oxygen atoms in total. The normalized spacial score (nSPS) is 42.9. The number of Topliss-reactive ketones (excluding diaryl/α,β-unsaturated/α-hetero) is 1. The van der Waals surface area contributed by atoms with Crippen molar-refractivity contribution in [2.45, 2.75) is 155 Å². The standard InChI is InChI=1S/C35H64N2O11/c1-13-23-29(41)33(7,18-26(38)45-15-3)32(42)47-25(14-2)35(9,44)28(40)22(6)37(12)19-20(4)17-34(8,43)30(23)48-31-27(39)24(36(10)11)16-21(5)46-31/h20-25,27-28,30-31,39-40,43-44H,13-19H2,1-12H3/t20-,21-,22-,23+,24+,25-,27-,28-,30-,31+,33+,34-,35-/m1/s1. The molecular formula is C35H64N2O11. The number of carbonyl (C=O) groups is 3. The molecule has 2 aliphatic heterocycles. The van der Waals surface area contributed by atoms with E-state index < -0.39 is 83.4 Å². The number of carbonyl (C=O) groups excluding carboxylic acids is 3. The van der Waals surface area contributed by atoms with Crippen LogP contribution in [0.4, 0.5) is 0 Å². The molecule has 0 aliphatic carbocycles. The van der Waals surface area contributed by atoms with Gasteiger partial charge in [0.05, 0.1) is 30.8 Å². The molecule has 2 aliphatic rings. The number of ether oxygens (including phenoxy) is 4. The fraction of sp³-hybridized carbons (Fsp3) is 0.914. The zero-order chi connectivity index (χ0) is 36.9. The van der Waals surface area contributed by atoms with E-state index >= 15 is 0 Å². The largest absolute Gasteiger partial charge is 0.466 e. The summed E-state index contributed by atoms with van der Waals surface area (Å²) in [5.74, 6) is -3.99. The summed E-state index contributed by atoms with van der Waals surface area (Å²) in [5, 5.41) is 46.7. The average Bonchev–Trinajstić information content (AvgIpc) is 2.98. The molecule has 0 radical (unpaired) electrons. The fourth-order valence-corrected chi connectivity index (χ4v) is 7.52. The highest BCUT2D eigenvalue weighted by atomic mass is 16.7. The SMILES string of the molecule is CCOC(=O)C[C@]1(C)C(=O)O[C@H](CC)[C@@](C)(O)[C@H](O)[C@@H](C)N(C)C[C@H](C)C[C@@](C)(O)[C@H](O[C@@H]2O[C@H](C)C[C@H](N(C)C)[C@H]2O)[C@@H](CC)C1=O. The highest BCUT2D eigenvalue weighted by molar-refractivity contribution is 6.07. The van der Waals surface area contributed by atoms with E-state index in [1.54, 1.807) is 41.7 Å². The fourth-order valence-electron chi connectivity index (χ4n) is 7.52. The maximum atomic E-state index is 14.8. The molecule has 2 rings (SSSR count). The molecule has 2 heterocycles. The minimum absolute atomic E-state index is 0.0136. The maximum Gasteiger partial charge on any atom is 0.320 e. The molecule has 0 aromatic carbocycles. The van der Waals surface area contributed by atoms with Gasteiger partial charge in [0.1, 0.15) is 29.3 Å². The van der Waals surface area contributed by atoms with E-state index in [1.165, 1.54) is 13.8 Å². The maximum absolute atomic E-state index is 14.8. The summed E-state index contributed by atoms with van der Waals surface area (Å²) in [5.41, 5.74) is -5.76. The number of ketones is 1. The van der Waals surface area contributed by atoms with Gasteiger partial charge >= 0.3 is 11.9 Å². The lowest BCUT2D eigenvalue weighted by Gasteiger charge is -2.46. The Bertz CT molecular complexity index is 1080. The van der Waals surface area contributed by atoms with E-state index in [9.17, 15) is 34.8 Å². The number of hydrogen-bond donors (Lipinski definition) is 4. The summed E-state index contributed by atoms with van der Waals surface area (Å²) >= 11 is 0. The molecule has 0 aromatic rings. The molecule has 13 atom stereocenters. The third-order valence-electron chi connectivity index (χ3n) is 10.5. The lowest BCUT2D eigenvalue weighted by atomic mass is 9.70. The predicted octanol–water partition coefficient (Wildman–Crippen LogP) is 1.90. The Hall–Kier alpha value is -1.71. The zero-order valence-electron chi connectivity index (χ0n) is 31.3. The summed E-state index contributed by atoms with van der Waals surface area (Å²) in [4.78, 5) is 45.7. The topological polar surface area (TPSA) is 176 Å². The number of aliphatic hydroxyl groups excluding tert-OH is 2. The van der Waals surface area contributed by atoms with Crippen LogP contribution >= 0.6 is 0 Å². The molecule has 0 unspecified atom stereocenters. The lowest BCUT2D eigenvalue weighted by Crippen LogP contribution is -2.60. The highest BCUT2D eigenvalue weighted by Gasteiger charge is 2.55. The van der Waals surface area contributed by atoms with Gasteiger partial charge in [0.2, 0.25) is 0 Å². The van der Waals surface area contributed by atoms with Crippen molar-refractivity contribution >= 4 is 17.7 Å². The first-order valence-electron chi connectivity index (χ1n) is 17.5. The molecule has 0 spiro atoms. The number of hydrogen-bond acceptors (Lipinski definition) is 13. The van der Waals surface area contributed by atoms with Crippen LogP contribution in [0.5, 0.6) is 0 Å². The van der Waals surface area contributed by atoms with Crippen molar-refractivity contribution in [1.82, 2.24) is 9.80 Å². The van der Waals surface area contributed by atoms with Crippen LogP contribution in [0.2, 0.25) is 0 Å². The van der Waals surface area contributed by atoms with Crippen molar-refractivity contribution in [3.05, 3.63) is 0 Å². The van der Waals surface area contributed by atoms with Gasteiger partial charge in [0.25, 0.3) is 0 Å². The Labute approximate surface area is 287 Å². The van der Waals surface area contributed by atoms with Crippen LogP contribution < -0.4 is 0 Å². The number of esters is 2. The number of rotatable bonds is 8. The van der Waals surface area contributed by atoms with Crippen LogP contribution in [0, 0.1) is 17.3 Å². The minimum atomic E-state index is -2.13. The Morgan fingerprint density at radius 2 is 1.65 bits per heavy atom. The van der Waals surface area contributed by atoms with E-state index in [-0.39, 0.29) is 43.9 Å². The Morgan fingerprint density at radius 1 is 1.04 bits per heavy atom. The van der Waals surface area contributed by atoms with Crippen LogP contribution in [0.25, 0.3) is 0 Å². The van der Waals surface area contributed by atoms with Gasteiger partial charge in [-0.05, 0) is 94.3 Å². The number of likely N-dealkylation sites (N-methyl/N-ethyl adjacent to an activating group) is 2. The Balaban J connectivity index is 2.80. The molecule has 13 heteroatoms. The smallest absolute Gasteiger partial charge is 0.320 e. The number of nitrogens with zero attached hydrogens (tertiary/aromatic N) is 2. The van der Waals surface area contributed by atoms with E-state index in [1.807, 2.05) is 37.7 Å². The first-order valence-corrected chi connectivity index (χ1v) is 17.5. The second-order valence-corrected chi connectivity index (χ2v) is 15.1. The van der Waals surface area contributed by atoms with Gasteiger partial charge in [-0.25, -0.2) is 0 Å². The van der Waals surface area contributed by atoms with Gasteiger partial charge < -0.3 is 49.2 Å². The Morgan fingerprint density at radius 3 is 2.17 bits per heavy atom. The van der Waals surface area contributed by atoms with E-state index in [2.05, 4.69) is 0 Å². The average molecular weight is 689 g/mol. The third-order valence-corrected chi connectivity index (χ3v) is 10.5. The van der Waals surface area contributed by atoms with Gasteiger partial charge in [-0.1, -0.05) is 20.8 Å². The first-order chi connectivity index (χ1) is 22.1. The first kappa shape index (κ1) is 42.5. The second kappa shape index (κ2) is 17.0. The molecule has 2 saturated heterocycles. The van der Waals surface area contributed by atoms with Crippen LogP contribution in [-0.2, 0) is 33.3 Å². The van der Waals surface area contributed by atoms with Gasteiger partial charge in [-0.3, -0.25) is 14.4 Å². The quantitative estimate of drug-likeness (QED) is 0.215. The van der Waals surface area contributed by atoms with Gasteiger partial charge in [0, 0.05) is 24.5 Å². The van der Waals surface area contributed by atoms with Gasteiger partial charge in [-0.15, -0.1) is 0 Å². The zero-order valence-corrected chi connectivity index (χ0v) is 31.3. The number of aliphatic hydroxyl groups is 4. The summed E-state index contributed by atoms with van der Waals surface area (Å²) in [6.45, 7) is 15.2. The molecule has 0 saturated carbocycles. The Kier molecular flexibility index (Phi) is 15.0. The van der Waals surface area contributed by atoms with Gasteiger partial charge in [-0.2, -0.15) is 0 Å². The molecular weight excluding hydrogens is 624 g/mol. The minimum Gasteiger partial charge on any atom is -0.466 e. The summed E-state index contributed by atoms with van der Waals surface area (Å²) in [6, 6.07) is -0.937. The third kappa shape index (κ3) is 9.54. The van der Waals surface area contributed by atoms with E-state index in [0.29, 0.717) is 13.0 Å². The molecule has 0 bridgehead atoms. The van der Waals surface area contributed by atoms with Gasteiger partial charge in [0.15, 0.2) is 12.1 Å². The van der Waals surface area contributed by atoms with E-state index in [0.717, 1.165) is 0 Å². The predicted molar refractivity (Wildman–Crippen MR) is 179 cm³/mol. The lowest BCUT2D eigenvalue weighted by molar-refractivity contribution is -0.294. The van der Waals surface area contributed by atoms with Crippen molar-refractivity contribution in [3.63, 3.8) is 0 Å².